The number of carbonyl (C=O) groups is 1. The standard InChI is InChI=1S/C25H25F6N3O4S/c1-14-18-20(36)34(13-17(25(29,30)31)15-5-3-2-4-6-15)23(38)33(12-9-24(26,27)28)22(18)39-19(14)21(37)32-10-7-16(35)8-11-32/h2-6,16-17,35H,7-13H2,1H3. The topological polar surface area (TPSA) is 84.5 Å². The minimum atomic E-state index is -4.87. The van der Waals surface area contributed by atoms with E-state index in [1.165, 1.54) is 42.2 Å². The molecular formula is C25H25F6N3O4S. The van der Waals surface area contributed by atoms with Crippen molar-refractivity contribution in [2.45, 2.75) is 63.7 Å². The van der Waals surface area contributed by atoms with Crippen LogP contribution in [0.1, 0.15) is 46.0 Å². The molecule has 1 fully saturated rings. The number of thiophene rings is 1. The van der Waals surface area contributed by atoms with Gasteiger partial charge in [-0.15, -0.1) is 11.3 Å². The van der Waals surface area contributed by atoms with Gasteiger partial charge in [0, 0.05) is 26.2 Å². The molecule has 1 aromatic carbocycles. The van der Waals surface area contributed by atoms with Crippen LogP contribution in [0.2, 0.25) is 0 Å². The molecule has 4 rings (SSSR count). The highest BCUT2D eigenvalue weighted by Gasteiger charge is 2.42. The number of benzene rings is 1. The summed E-state index contributed by atoms with van der Waals surface area (Å²) in [4.78, 5) is 41.3. The highest BCUT2D eigenvalue weighted by atomic mass is 32.1. The lowest BCUT2D eigenvalue weighted by atomic mass is 9.98. The Morgan fingerprint density at radius 1 is 1.05 bits per heavy atom. The molecule has 3 heterocycles. The maximum absolute atomic E-state index is 14.1. The fourth-order valence-electron chi connectivity index (χ4n) is 4.67. The maximum atomic E-state index is 14.1. The lowest BCUT2D eigenvalue weighted by molar-refractivity contribution is -0.153. The van der Waals surface area contributed by atoms with E-state index in [0.717, 1.165) is 0 Å². The number of amides is 1. The van der Waals surface area contributed by atoms with Gasteiger partial charge >= 0.3 is 18.0 Å². The van der Waals surface area contributed by atoms with Gasteiger partial charge in [0.2, 0.25) is 0 Å². The van der Waals surface area contributed by atoms with E-state index in [-0.39, 0.29) is 39.3 Å². The van der Waals surface area contributed by atoms with Crippen LogP contribution in [0.5, 0.6) is 0 Å². The molecule has 0 aliphatic carbocycles. The third kappa shape index (κ3) is 6.06. The molecule has 0 radical (unpaired) electrons. The van der Waals surface area contributed by atoms with Crippen molar-refractivity contribution >= 4 is 27.5 Å². The van der Waals surface area contributed by atoms with Gasteiger partial charge in [-0.1, -0.05) is 30.3 Å². The minimum absolute atomic E-state index is 0.00632. The van der Waals surface area contributed by atoms with E-state index in [2.05, 4.69) is 0 Å². The molecule has 14 heteroatoms. The molecule has 3 aromatic rings. The predicted octanol–water partition coefficient (Wildman–Crippen LogP) is 4.43. The molecule has 1 saturated heterocycles. The molecule has 212 valence electrons. The van der Waals surface area contributed by atoms with Crippen molar-refractivity contribution in [3.05, 3.63) is 67.2 Å². The highest BCUT2D eigenvalue weighted by molar-refractivity contribution is 7.20. The second-order valence-electron chi connectivity index (χ2n) is 9.48. The SMILES string of the molecule is Cc1c(C(=O)N2CCC(O)CC2)sc2c1c(=O)n(CC(c1ccccc1)C(F)(F)F)c(=O)n2CCC(F)(F)F. The number of hydrogen-bond donors (Lipinski definition) is 1. The Labute approximate surface area is 221 Å². The molecular weight excluding hydrogens is 552 g/mol. The lowest BCUT2D eigenvalue weighted by Crippen LogP contribution is -2.43. The highest BCUT2D eigenvalue weighted by Crippen LogP contribution is 2.36. The molecule has 0 bridgehead atoms. The zero-order chi connectivity index (χ0) is 28.7. The van der Waals surface area contributed by atoms with Gasteiger partial charge in [0.1, 0.15) is 4.83 Å². The number of likely N-dealkylation sites (tertiary alicyclic amines) is 1. The first kappa shape index (κ1) is 28.9. The number of rotatable bonds is 6. The van der Waals surface area contributed by atoms with Crippen LogP contribution in [0.4, 0.5) is 26.3 Å². The van der Waals surface area contributed by atoms with Crippen molar-refractivity contribution in [1.82, 2.24) is 14.0 Å². The van der Waals surface area contributed by atoms with E-state index < -0.39 is 61.0 Å². The first-order valence-corrected chi connectivity index (χ1v) is 12.9. The molecule has 0 spiro atoms. The lowest BCUT2D eigenvalue weighted by Gasteiger charge is -2.29. The number of aromatic nitrogens is 2. The molecule has 2 aromatic heterocycles. The van der Waals surface area contributed by atoms with E-state index >= 15 is 0 Å². The average Bonchev–Trinajstić information content (AvgIpc) is 3.20. The van der Waals surface area contributed by atoms with Crippen LogP contribution >= 0.6 is 11.3 Å². The number of nitrogens with zero attached hydrogens (tertiary/aromatic N) is 3. The fraction of sp³-hybridized carbons (Fsp3) is 0.480. The van der Waals surface area contributed by atoms with E-state index in [0.29, 0.717) is 33.3 Å². The Morgan fingerprint density at radius 2 is 1.67 bits per heavy atom. The van der Waals surface area contributed by atoms with Crippen LogP contribution < -0.4 is 11.2 Å². The molecule has 0 saturated carbocycles. The number of fused-ring (bicyclic) bond motifs is 1. The van der Waals surface area contributed by atoms with E-state index in [1.54, 1.807) is 0 Å². The smallest absolute Gasteiger partial charge is 0.393 e. The second-order valence-corrected chi connectivity index (χ2v) is 10.5. The average molecular weight is 578 g/mol. The van der Waals surface area contributed by atoms with Crippen molar-refractivity contribution in [3.63, 3.8) is 0 Å². The third-order valence-electron chi connectivity index (χ3n) is 6.82. The molecule has 1 unspecified atom stereocenters. The number of carbonyl (C=O) groups excluding carboxylic acids is 1. The van der Waals surface area contributed by atoms with Crippen LogP contribution in [0.3, 0.4) is 0 Å². The van der Waals surface area contributed by atoms with Crippen molar-refractivity contribution in [1.29, 1.82) is 0 Å². The molecule has 1 aliphatic heterocycles. The van der Waals surface area contributed by atoms with Crippen LogP contribution in [0, 0.1) is 6.92 Å². The zero-order valence-corrected chi connectivity index (χ0v) is 21.5. The summed E-state index contributed by atoms with van der Waals surface area (Å²) in [5.74, 6) is -2.81. The van der Waals surface area contributed by atoms with Gasteiger partial charge in [0.15, 0.2) is 0 Å². The molecule has 39 heavy (non-hydrogen) atoms. The number of aliphatic hydroxyl groups excluding tert-OH is 1. The molecule has 1 N–H and O–H groups in total. The Morgan fingerprint density at radius 3 is 2.23 bits per heavy atom. The number of hydrogen-bond acceptors (Lipinski definition) is 5. The summed E-state index contributed by atoms with van der Waals surface area (Å²) in [5, 5.41) is 9.46. The quantitative estimate of drug-likeness (QED) is 0.440. The van der Waals surface area contributed by atoms with Gasteiger partial charge in [-0.3, -0.25) is 18.7 Å². The largest absolute Gasteiger partial charge is 0.397 e. The normalized spacial score (nSPS) is 16.2. The van der Waals surface area contributed by atoms with Crippen LogP contribution in [-0.2, 0) is 13.1 Å². The number of aliphatic hydroxyl groups is 1. The van der Waals surface area contributed by atoms with Gasteiger partial charge in [-0.05, 0) is 30.9 Å². The summed E-state index contributed by atoms with van der Waals surface area (Å²) in [5.41, 5.74) is -2.56. The summed E-state index contributed by atoms with van der Waals surface area (Å²) >= 11 is 0.668. The minimum Gasteiger partial charge on any atom is -0.393 e. The summed E-state index contributed by atoms with van der Waals surface area (Å²) in [6.07, 6.45) is -11.0. The van der Waals surface area contributed by atoms with Crippen molar-refractivity contribution in [3.8, 4) is 0 Å². The number of halogens is 6. The van der Waals surface area contributed by atoms with Crippen LogP contribution in [0.15, 0.2) is 39.9 Å². The maximum Gasteiger partial charge on any atom is 0.397 e. The Balaban J connectivity index is 1.89. The van der Waals surface area contributed by atoms with Crippen LogP contribution in [0.25, 0.3) is 10.2 Å². The third-order valence-corrected chi connectivity index (χ3v) is 8.12. The first-order valence-electron chi connectivity index (χ1n) is 12.1. The number of alkyl halides is 6. The Hall–Kier alpha value is -3.13. The van der Waals surface area contributed by atoms with E-state index in [1.807, 2.05) is 0 Å². The fourth-order valence-corrected chi connectivity index (χ4v) is 5.96. The summed E-state index contributed by atoms with van der Waals surface area (Å²) in [7, 11) is 0. The predicted molar refractivity (Wildman–Crippen MR) is 132 cm³/mol. The Bertz CT molecular complexity index is 1470. The van der Waals surface area contributed by atoms with E-state index in [4.69, 9.17) is 0 Å². The summed E-state index contributed by atoms with van der Waals surface area (Å²) in [6.45, 7) is -0.278. The van der Waals surface area contributed by atoms with Gasteiger partial charge in [0.25, 0.3) is 11.5 Å². The zero-order valence-electron chi connectivity index (χ0n) is 20.7. The summed E-state index contributed by atoms with van der Waals surface area (Å²) < 4.78 is 82.5. The van der Waals surface area contributed by atoms with Gasteiger partial charge in [-0.2, -0.15) is 26.3 Å². The molecule has 1 aliphatic rings. The van der Waals surface area contributed by atoms with Crippen molar-refractivity contribution in [2.75, 3.05) is 13.1 Å². The van der Waals surface area contributed by atoms with Gasteiger partial charge in [0.05, 0.1) is 28.7 Å². The first-order chi connectivity index (χ1) is 18.2. The van der Waals surface area contributed by atoms with Gasteiger partial charge in [-0.25, -0.2) is 4.79 Å². The molecule has 7 nitrogen and oxygen atoms in total. The number of piperidine rings is 1. The van der Waals surface area contributed by atoms with E-state index in [9.17, 15) is 45.8 Å². The van der Waals surface area contributed by atoms with Crippen molar-refractivity contribution in [2.24, 2.45) is 0 Å². The summed E-state index contributed by atoms with van der Waals surface area (Å²) in [6, 6.07) is 6.60. The monoisotopic (exact) mass is 577 g/mol. The molecule has 1 amide bonds. The van der Waals surface area contributed by atoms with Crippen molar-refractivity contribution < 1.29 is 36.2 Å². The number of aryl methyl sites for hydroxylation is 2. The van der Waals surface area contributed by atoms with Crippen LogP contribution in [-0.4, -0.2) is 56.6 Å². The molecule has 1 atom stereocenters. The Kier molecular flexibility index (Phi) is 7.99. The van der Waals surface area contributed by atoms with Gasteiger partial charge < -0.3 is 10.0 Å². The second kappa shape index (κ2) is 10.8.